The van der Waals surface area contributed by atoms with Gasteiger partial charge < -0.3 is 0 Å². The van der Waals surface area contributed by atoms with Crippen LogP contribution in [-0.2, 0) is 0 Å². The van der Waals surface area contributed by atoms with Crippen molar-refractivity contribution in [3.05, 3.63) is 50.8 Å². The number of nitrogens with one attached hydrogen (secondary N) is 1. The number of rotatable bonds is 5. The average Bonchev–Trinajstić information content (AvgIpc) is 2.92. The normalized spacial score (nSPS) is 13.0. The van der Waals surface area contributed by atoms with Gasteiger partial charge in [0.1, 0.15) is 0 Å². The Morgan fingerprint density at radius 1 is 1.29 bits per heavy atom. The molecule has 0 saturated carbocycles. The quantitative estimate of drug-likeness (QED) is 0.615. The van der Waals surface area contributed by atoms with Crippen molar-refractivity contribution in [1.82, 2.24) is 9.97 Å². The van der Waals surface area contributed by atoms with Gasteiger partial charge in [0.15, 0.2) is 0 Å². The number of halogens is 1. The van der Waals surface area contributed by atoms with E-state index in [4.69, 9.17) is 11.6 Å². The molecule has 2 radical (unpaired) electrons. The number of nitrogens with zero attached hydrogens (tertiary/aromatic N) is 2. The Hall–Kier alpha value is -1.07. The van der Waals surface area contributed by atoms with Crippen molar-refractivity contribution in [2.24, 2.45) is 0 Å². The molecule has 1 aliphatic heterocycles. The third-order valence-corrected chi connectivity index (χ3v) is 6.76. The van der Waals surface area contributed by atoms with Crippen LogP contribution < -0.4 is 9.03 Å². The number of benzene rings is 1. The van der Waals surface area contributed by atoms with Gasteiger partial charge in [0, 0.05) is 0 Å². The summed E-state index contributed by atoms with van der Waals surface area (Å²) in [6.07, 6.45) is 4.01. The van der Waals surface area contributed by atoms with Crippen LogP contribution in [0.4, 0.5) is 5.82 Å². The van der Waals surface area contributed by atoms with Gasteiger partial charge in [-0.3, -0.25) is 0 Å². The molecule has 3 rings (SSSR count). The van der Waals surface area contributed by atoms with Crippen LogP contribution in [0.25, 0.3) is 5.57 Å². The van der Waals surface area contributed by atoms with Crippen LogP contribution in [0.2, 0.25) is 5.02 Å². The Kier molecular flexibility index (Phi) is 4.80. The number of anilines is 1. The zero-order valence-corrected chi connectivity index (χ0v) is 15.5. The molecule has 0 atom stereocenters. The molecule has 21 heavy (non-hydrogen) atoms. The molecule has 0 spiro atoms. The maximum absolute atomic E-state index is 6.13. The van der Waals surface area contributed by atoms with Crippen LogP contribution in [0.5, 0.6) is 0 Å². The second-order valence-corrected chi connectivity index (χ2v) is 8.37. The third kappa shape index (κ3) is 3.24. The third-order valence-electron chi connectivity index (χ3n) is 3.43. The molecular weight excluding hydrogens is 388 g/mol. The minimum atomic E-state index is -0.751. The summed E-state index contributed by atoms with van der Waals surface area (Å²) in [5, 5.41) is 4.23. The summed E-state index contributed by atoms with van der Waals surface area (Å²) in [5.74, 6) is 0.970. The van der Waals surface area contributed by atoms with Crippen LogP contribution in [0.15, 0.2) is 34.7 Å². The zero-order chi connectivity index (χ0) is 14.7. The van der Waals surface area contributed by atoms with Gasteiger partial charge in [-0.05, 0) is 0 Å². The van der Waals surface area contributed by atoms with Gasteiger partial charge in [0.05, 0.1) is 0 Å². The van der Waals surface area contributed by atoms with Crippen molar-refractivity contribution in [2.45, 2.75) is 19.8 Å². The van der Waals surface area contributed by atoms with E-state index in [-0.39, 0.29) is 0 Å². The standard InChI is InChI=1S/C16H16ClN3.Sn/c1-3-4-8-19-16-15(10-18-11-20-16)12(2)13-6-5-7-14(17)9-13;/h2,5-7,9,11H,3-4,8H2,1H3,(H,18,19,20);. The van der Waals surface area contributed by atoms with Crippen LogP contribution in [0, 0.1) is 0 Å². The fourth-order valence-electron chi connectivity index (χ4n) is 2.36. The molecule has 3 nitrogen and oxygen atoms in total. The van der Waals surface area contributed by atoms with E-state index in [0.717, 1.165) is 29.4 Å². The molecule has 2 aromatic rings. The molecular formula is C16H16ClN3Sn. The van der Waals surface area contributed by atoms with E-state index >= 15 is 0 Å². The van der Waals surface area contributed by atoms with Crippen LogP contribution in [0.3, 0.4) is 0 Å². The van der Waals surface area contributed by atoms with Gasteiger partial charge in [0.25, 0.3) is 0 Å². The maximum atomic E-state index is 6.13. The Bertz CT molecular complexity index is 685. The number of aromatic nitrogens is 2. The topological polar surface area (TPSA) is 37.8 Å². The molecule has 106 valence electrons. The first-order valence-electron chi connectivity index (χ1n) is 7.11. The van der Waals surface area contributed by atoms with Gasteiger partial charge in [0.2, 0.25) is 0 Å². The number of hydrogen-bond donors (Lipinski definition) is 1. The molecule has 1 aromatic carbocycles. The van der Waals surface area contributed by atoms with E-state index in [2.05, 4.69) is 32.4 Å². The molecule has 5 heteroatoms. The number of unbranched alkanes of at least 4 members (excludes halogenated alkanes) is 1. The summed E-state index contributed by atoms with van der Waals surface area (Å²) in [6.45, 7) is 3.14. The van der Waals surface area contributed by atoms with Crippen LogP contribution in [0.1, 0.15) is 30.9 Å². The number of fused-ring (bicyclic) bond motifs is 1. The zero-order valence-electron chi connectivity index (χ0n) is 11.9. The van der Waals surface area contributed by atoms with E-state index in [0.29, 0.717) is 0 Å². The summed E-state index contributed by atoms with van der Waals surface area (Å²) in [6, 6.07) is 8.03. The summed E-state index contributed by atoms with van der Waals surface area (Å²) < 4.78 is 3.63. The summed E-state index contributed by atoms with van der Waals surface area (Å²) in [4.78, 5) is 8.94. The molecule has 1 N–H and O–H groups in total. The fourth-order valence-corrected chi connectivity index (χ4v) is 5.76. The van der Waals surface area contributed by atoms with Crippen molar-refractivity contribution in [3.8, 4) is 0 Å². The molecule has 0 saturated heterocycles. The van der Waals surface area contributed by atoms with Gasteiger partial charge in [-0.15, -0.1) is 0 Å². The first kappa shape index (κ1) is 14.8. The number of hydrogen-bond acceptors (Lipinski definition) is 3. The Morgan fingerprint density at radius 2 is 2.19 bits per heavy atom. The molecule has 0 aliphatic carbocycles. The first-order valence-corrected chi connectivity index (χ1v) is 10.6. The minimum absolute atomic E-state index is 0.751. The predicted octanol–water partition coefficient (Wildman–Crippen LogP) is 3.07. The average molecular weight is 404 g/mol. The molecule has 0 amide bonds. The summed E-state index contributed by atoms with van der Waals surface area (Å²) in [7, 11) is 0. The van der Waals surface area contributed by atoms with Gasteiger partial charge >= 0.3 is 140 Å². The van der Waals surface area contributed by atoms with E-state index in [9.17, 15) is 0 Å². The fraction of sp³-hybridized carbons (Fsp3) is 0.250. The van der Waals surface area contributed by atoms with Crippen LogP contribution in [-0.4, -0.2) is 37.7 Å². The molecule has 0 fully saturated rings. The van der Waals surface area contributed by atoms with Crippen molar-refractivity contribution < 1.29 is 0 Å². The molecule has 1 aromatic heterocycles. The Morgan fingerprint density at radius 3 is 3.00 bits per heavy atom. The molecule has 2 heterocycles. The molecule has 1 aliphatic rings. The summed E-state index contributed by atoms with van der Waals surface area (Å²) >= 11 is 5.38. The Balaban J connectivity index is 1.96. The SMILES string of the molecule is CCCCNc1ncn[c]2c1C(c1cccc(Cl)c1)=[CH][Sn]2. The summed E-state index contributed by atoms with van der Waals surface area (Å²) in [5.41, 5.74) is 3.61. The monoisotopic (exact) mass is 405 g/mol. The van der Waals surface area contributed by atoms with Gasteiger partial charge in [-0.1, -0.05) is 0 Å². The predicted molar refractivity (Wildman–Crippen MR) is 89.3 cm³/mol. The van der Waals surface area contributed by atoms with Crippen molar-refractivity contribution in [2.75, 3.05) is 11.9 Å². The molecule has 0 unspecified atom stereocenters. The molecule has 0 bridgehead atoms. The van der Waals surface area contributed by atoms with Crippen LogP contribution >= 0.6 is 11.6 Å². The van der Waals surface area contributed by atoms with E-state index in [1.165, 1.54) is 21.3 Å². The van der Waals surface area contributed by atoms with Crippen molar-refractivity contribution in [3.63, 3.8) is 0 Å². The van der Waals surface area contributed by atoms with Gasteiger partial charge in [-0.2, -0.15) is 0 Å². The second-order valence-electron chi connectivity index (χ2n) is 4.94. The van der Waals surface area contributed by atoms with E-state index < -0.39 is 21.1 Å². The van der Waals surface area contributed by atoms with Crippen molar-refractivity contribution >= 4 is 47.8 Å². The van der Waals surface area contributed by atoms with E-state index in [1.807, 2.05) is 18.2 Å². The Labute approximate surface area is 140 Å². The van der Waals surface area contributed by atoms with Crippen molar-refractivity contribution in [1.29, 1.82) is 0 Å². The first-order chi connectivity index (χ1) is 10.3. The second kappa shape index (κ2) is 6.79. The van der Waals surface area contributed by atoms with E-state index in [1.54, 1.807) is 6.33 Å². The van der Waals surface area contributed by atoms with Gasteiger partial charge in [-0.25, -0.2) is 0 Å².